The number of benzene rings is 1. The van der Waals surface area contributed by atoms with Gasteiger partial charge in [-0.3, -0.25) is 4.79 Å². The molecule has 1 aromatic carbocycles. The lowest BCUT2D eigenvalue weighted by atomic mass is 9.78. The molecule has 2 amide bonds. The summed E-state index contributed by atoms with van der Waals surface area (Å²) in [5.41, 5.74) is -0.426. The van der Waals surface area contributed by atoms with E-state index < -0.39 is 28.7 Å². The molecule has 0 bridgehead atoms. The van der Waals surface area contributed by atoms with E-state index in [0.29, 0.717) is 25.2 Å². The van der Waals surface area contributed by atoms with E-state index in [1.54, 1.807) is 0 Å². The molecule has 3 N–H and O–H groups in total. The van der Waals surface area contributed by atoms with Crippen LogP contribution in [0.2, 0.25) is 0 Å². The van der Waals surface area contributed by atoms with Crippen molar-refractivity contribution in [3.8, 4) is 0 Å². The molecule has 208 valence electrons. The van der Waals surface area contributed by atoms with Crippen LogP contribution in [0.15, 0.2) is 42.5 Å². The summed E-state index contributed by atoms with van der Waals surface area (Å²) in [4.78, 5) is 26.1. The normalized spacial score (nSPS) is 20.0. The zero-order valence-electron chi connectivity index (χ0n) is 24.3. The number of nitrogens with one attached hydrogen (secondary N) is 2. The molecule has 1 saturated heterocycles. The lowest BCUT2D eigenvalue weighted by molar-refractivity contribution is -0.246. The molecule has 7 nitrogen and oxygen atoms in total. The summed E-state index contributed by atoms with van der Waals surface area (Å²) >= 11 is 0. The first-order valence-corrected chi connectivity index (χ1v) is 13.5. The minimum atomic E-state index is -0.586. The van der Waals surface area contributed by atoms with Crippen LogP contribution < -0.4 is 10.6 Å². The Bertz CT molecular complexity index is 901. The van der Waals surface area contributed by atoms with Crippen LogP contribution in [0.25, 0.3) is 0 Å². The van der Waals surface area contributed by atoms with Gasteiger partial charge in [-0.25, -0.2) is 4.79 Å². The fourth-order valence-electron chi connectivity index (χ4n) is 5.22. The Hall–Kier alpha value is -2.38. The minimum Gasteiger partial charge on any atom is -0.444 e. The Balaban J connectivity index is 2.24. The van der Waals surface area contributed by atoms with Crippen molar-refractivity contribution >= 4 is 12.0 Å². The molecule has 0 unspecified atom stereocenters. The van der Waals surface area contributed by atoms with Crippen molar-refractivity contribution in [2.24, 2.45) is 11.8 Å². The number of hydroxylamine groups is 2. The van der Waals surface area contributed by atoms with Gasteiger partial charge in [-0.05, 0) is 85.6 Å². The number of piperidine rings is 1. The van der Waals surface area contributed by atoms with E-state index in [1.807, 2.05) is 91.0 Å². The summed E-state index contributed by atoms with van der Waals surface area (Å²) in [7, 11) is 0. The van der Waals surface area contributed by atoms with E-state index in [9.17, 15) is 14.8 Å². The summed E-state index contributed by atoms with van der Waals surface area (Å²) in [6.45, 7) is 17.7. The zero-order valence-corrected chi connectivity index (χ0v) is 24.3. The highest BCUT2D eigenvalue weighted by Gasteiger charge is 2.45. The lowest BCUT2D eigenvalue weighted by Crippen LogP contribution is -2.63. The standard InChI is InChI=1S/C30H49N3O4/c1-21(2)17-24(32-27(35)37-28(3,4)5)16-15-23(18-22-13-11-10-12-14-22)26(34)31-25-19-29(6,7)33(36)30(8,9)20-25/h10-16,21,23-25,36H,17-20H2,1-9H3,(H,31,34)(H,32,35)/b16-15+/t23-,24-/m0/s1. The number of hydrogen-bond acceptors (Lipinski definition) is 5. The molecular formula is C30H49N3O4. The molecule has 37 heavy (non-hydrogen) atoms. The monoisotopic (exact) mass is 515 g/mol. The number of hydrogen-bond donors (Lipinski definition) is 3. The maximum atomic E-state index is 13.6. The van der Waals surface area contributed by atoms with Gasteiger partial charge in [0.2, 0.25) is 5.91 Å². The van der Waals surface area contributed by atoms with Gasteiger partial charge in [-0.15, -0.1) is 0 Å². The Morgan fingerprint density at radius 2 is 1.65 bits per heavy atom. The molecule has 7 heteroatoms. The highest BCUT2D eigenvalue weighted by Crippen LogP contribution is 2.36. The van der Waals surface area contributed by atoms with Gasteiger partial charge < -0.3 is 20.6 Å². The number of alkyl carbamates (subject to hydrolysis) is 1. The second-order valence-electron chi connectivity index (χ2n) is 13.1. The average molecular weight is 516 g/mol. The molecule has 0 aromatic heterocycles. The summed E-state index contributed by atoms with van der Waals surface area (Å²) in [6, 6.07) is 9.65. The summed E-state index contributed by atoms with van der Waals surface area (Å²) < 4.78 is 5.46. The van der Waals surface area contributed by atoms with E-state index >= 15 is 0 Å². The topological polar surface area (TPSA) is 90.9 Å². The van der Waals surface area contributed by atoms with Crippen molar-refractivity contribution in [3.63, 3.8) is 0 Å². The molecule has 1 aromatic rings. The molecule has 1 fully saturated rings. The highest BCUT2D eigenvalue weighted by molar-refractivity contribution is 5.81. The molecule has 2 atom stereocenters. The van der Waals surface area contributed by atoms with Gasteiger partial charge in [-0.1, -0.05) is 56.3 Å². The molecule has 0 saturated carbocycles. The van der Waals surface area contributed by atoms with E-state index in [1.165, 1.54) is 5.06 Å². The number of carbonyl (C=O) groups is 2. The fourth-order valence-corrected chi connectivity index (χ4v) is 5.22. The lowest BCUT2D eigenvalue weighted by Gasteiger charge is -2.51. The van der Waals surface area contributed by atoms with Crippen LogP contribution >= 0.6 is 0 Å². The minimum absolute atomic E-state index is 0.0522. The quantitative estimate of drug-likeness (QED) is 0.358. The van der Waals surface area contributed by atoms with Gasteiger partial charge >= 0.3 is 6.09 Å². The largest absolute Gasteiger partial charge is 0.444 e. The number of amides is 2. The van der Waals surface area contributed by atoms with Gasteiger partial charge in [0.25, 0.3) is 0 Å². The third-order valence-electron chi connectivity index (χ3n) is 6.62. The van der Waals surface area contributed by atoms with Gasteiger partial charge in [0.05, 0.1) is 12.0 Å². The Morgan fingerprint density at radius 1 is 1.08 bits per heavy atom. The van der Waals surface area contributed by atoms with E-state index in [2.05, 4.69) is 24.5 Å². The van der Waals surface area contributed by atoms with Crippen molar-refractivity contribution < 1.29 is 19.5 Å². The average Bonchev–Trinajstić information content (AvgIpc) is 2.73. The Morgan fingerprint density at radius 3 is 2.16 bits per heavy atom. The molecule has 0 radical (unpaired) electrons. The molecular weight excluding hydrogens is 466 g/mol. The fraction of sp³-hybridized carbons (Fsp3) is 0.667. The third kappa shape index (κ3) is 10.1. The van der Waals surface area contributed by atoms with Crippen LogP contribution in [-0.4, -0.2) is 51.0 Å². The van der Waals surface area contributed by atoms with Crippen LogP contribution in [0.4, 0.5) is 4.79 Å². The Labute approximate surface area is 224 Å². The van der Waals surface area contributed by atoms with Crippen LogP contribution in [0.1, 0.15) is 87.1 Å². The second-order valence-corrected chi connectivity index (χ2v) is 13.1. The predicted molar refractivity (Wildman–Crippen MR) is 148 cm³/mol. The maximum Gasteiger partial charge on any atom is 0.408 e. The summed E-state index contributed by atoms with van der Waals surface area (Å²) in [5, 5.41) is 18.3. The highest BCUT2D eigenvalue weighted by atomic mass is 16.6. The van der Waals surface area contributed by atoms with Crippen molar-refractivity contribution in [3.05, 3.63) is 48.0 Å². The molecule has 2 rings (SSSR count). The summed E-state index contributed by atoms with van der Waals surface area (Å²) in [6.07, 6.45) is 5.97. The Kier molecular flexibility index (Phi) is 10.4. The van der Waals surface area contributed by atoms with E-state index in [0.717, 1.165) is 12.0 Å². The van der Waals surface area contributed by atoms with Crippen LogP contribution in [0.3, 0.4) is 0 Å². The van der Waals surface area contributed by atoms with Crippen molar-refractivity contribution in [2.45, 2.75) is 117 Å². The van der Waals surface area contributed by atoms with E-state index in [-0.39, 0.29) is 18.0 Å². The molecule has 1 heterocycles. The van der Waals surface area contributed by atoms with Gasteiger partial charge in [0.15, 0.2) is 0 Å². The van der Waals surface area contributed by atoms with Crippen molar-refractivity contribution in [2.75, 3.05) is 0 Å². The second kappa shape index (κ2) is 12.4. The smallest absolute Gasteiger partial charge is 0.408 e. The number of carbonyl (C=O) groups excluding carboxylic acids is 2. The SMILES string of the molecule is CC(C)C[C@H](/C=C/[C@@H](Cc1ccccc1)C(=O)NC1CC(C)(C)N(O)C(C)(C)C1)NC(=O)OC(C)(C)C. The first kappa shape index (κ1) is 30.8. The van der Waals surface area contributed by atoms with Gasteiger partial charge in [-0.2, -0.15) is 5.06 Å². The van der Waals surface area contributed by atoms with Crippen molar-refractivity contribution in [1.82, 2.24) is 15.7 Å². The first-order valence-electron chi connectivity index (χ1n) is 13.5. The van der Waals surface area contributed by atoms with Gasteiger partial charge in [0, 0.05) is 17.1 Å². The number of ether oxygens (including phenoxy) is 1. The first-order chi connectivity index (χ1) is 17.0. The van der Waals surface area contributed by atoms with E-state index in [4.69, 9.17) is 4.74 Å². The van der Waals surface area contributed by atoms with Crippen molar-refractivity contribution in [1.29, 1.82) is 0 Å². The number of nitrogens with zero attached hydrogens (tertiary/aromatic N) is 1. The summed E-state index contributed by atoms with van der Waals surface area (Å²) in [5.74, 6) is -0.112. The van der Waals surface area contributed by atoms with Crippen LogP contribution in [0, 0.1) is 11.8 Å². The number of rotatable bonds is 9. The zero-order chi connectivity index (χ0) is 28.0. The molecule has 1 aliphatic heterocycles. The molecule has 1 aliphatic rings. The maximum absolute atomic E-state index is 13.6. The van der Waals surface area contributed by atoms with Crippen LogP contribution in [0.5, 0.6) is 0 Å². The van der Waals surface area contributed by atoms with Gasteiger partial charge in [0.1, 0.15) is 5.60 Å². The predicted octanol–water partition coefficient (Wildman–Crippen LogP) is 5.87. The van der Waals surface area contributed by atoms with Crippen LogP contribution in [-0.2, 0) is 16.0 Å². The third-order valence-corrected chi connectivity index (χ3v) is 6.62. The molecule has 0 aliphatic carbocycles. The molecule has 0 spiro atoms.